The smallest absolute Gasteiger partial charge is 0.374 e. The van der Waals surface area contributed by atoms with Gasteiger partial charge in [0.15, 0.2) is 6.61 Å². The van der Waals surface area contributed by atoms with Crippen LogP contribution in [0.2, 0.25) is 10.0 Å². The van der Waals surface area contributed by atoms with Crippen LogP contribution in [0.5, 0.6) is 5.75 Å². The van der Waals surface area contributed by atoms with Crippen molar-refractivity contribution in [1.82, 2.24) is 0 Å². The van der Waals surface area contributed by atoms with E-state index in [1.807, 2.05) is 0 Å². The number of esters is 1. The molecule has 4 nitrogen and oxygen atoms in total. The van der Waals surface area contributed by atoms with Gasteiger partial charge in [-0.1, -0.05) is 23.2 Å². The maximum absolute atomic E-state index is 12.7. The summed E-state index contributed by atoms with van der Waals surface area (Å²) in [5, 5.41) is 0.688. The third kappa shape index (κ3) is 5.27. The summed E-state index contributed by atoms with van der Waals surface area (Å²) in [5.41, 5.74) is 0. The first-order chi connectivity index (χ1) is 11.7. The molecule has 0 unspecified atom stereocenters. The van der Waals surface area contributed by atoms with Gasteiger partial charge in [-0.15, -0.1) is 0 Å². The molecular weight excluding hydrogens is 391 g/mol. The van der Waals surface area contributed by atoms with Gasteiger partial charge in [-0.3, -0.25) is 0 Å². The molecule has 1 heterocycles. The highest BCUT2D eigenvalue weighted by Crippen LogP contribution is 2.28. The van der Waals surface area contributed by atoms with Gasteiger partial charge in [0.25, 0.3) is 0 Å². The largest absolute Gasteiger partial charge is 0.484 e. The standard InChI is InChI=1S/C15H10Cl2F4O4/c16-8-1-3-10(17)12(5-8)23-6-9-2-4-11(25-9)13(22)24-7-15(20,21)14(18)19/h1-5,14H,6-7H2. The number of furan rings is 1. The molecule has 0 bridgehead atoms. The van der Waals surface area contributed by atoms with Crippen molar-refractivity contribution in [3.63, 3.8) is 0 Å². The molecule has 0 amide bonds. The normalized spacial score (nSPS) is 11.6. The Hall–Kier alpha value is -1.93. The van der Waals surface area contributed by atoms with E-state index in [0.717, 1.165) is 6.07 Å². The van der Waals surface area contributed by atoms with Crippen molar-refractivity contribution in [2.45, 2.75) is 19.0 Å². The molecule has 1 aromatic heterocycles. The summed E-state index contributed by atoms with van der Waals surface area (Å²) in [7, 11) is 0. The predicted molar refractivity (Wildman–Crippen MR) is 80.7 cm³/mol. The molecule has 136 valence electrons. The minimum atomic E-state index is -4.43. The lowest BCUT2D eigenvalue weighted by atomic mass is 10.3. The van der Waals surface area contributed by atoms with Gasteiger partial charge in [-0.25, -0.2) is 13.6 Å². The van der Waals surface area contributed by atoms with Gasteiger partial charge in [0.2, 0.25) is 5.76 Å². The summed E-state index contributed by atoms with van der Waals surface area (Å²) in [6.45, 7) is -1.89. The fourth-order valence-electron chi connectivity index (χ4n) is 1.60. The maximum atomic E-state index is 12.7. The molecule has 2 rings (SSSR count). The van der Waals surface area contributed by atoms with E-state index >= 15 is 0 Å². The van der Waals surface area contributed by atoms with E-state index < -0.39 is 30.7 Å². The van der Waals surface area contributed by atoms with Gasteiger partial charge in [0.1, 0.15) is 18.1 Å². The third-order valence-electron chi connectivity index (χ3n) is 2.84. The Balaban J connectivity index is 1.93. The quantitative estimate of drug-likeness (QED) is 0.472. The van der Waals surface area contributed by atoms with E-state index in [1.165, 1.54) is 18.2 Å². The minimum Gasteiger partial charge on any atom is -0.484 e. The number of hydrogen-bond donors (Lipinski definition) is 0. The van der Waals surface area contributed by atoms with Gasteiger partial charge >= 0.3 is 18.3 Å². The van der Waals surface area contributed by atoms with Crippen molar-refractivity contribution < 1.29 is 36.2 Å². The first-order valence-electron chi connectivity index (χ1n) is 6.68. The van der Waals surface area contributed by atoms with Gasteiger partial charge < -0.3 is 13.9 Å². The van der Waals surface area contributed by atoms with Crippen LogP contribution in [0.15, 0.2) is 34.7 Å². The zero-order valence-corrected chi connectivity index (χ0v) is 13.8. The molecule has 0 fully saturated rings. The highest BCUT2D eigenvalue weighted by atomic mass is 35.5. The Labute approximate surface area is 149 Å². The summed E-state index contributed by atoms with van der Waals surface area (Å²) in [5.74, 6) is -5.74. The predicted octanol–water partition coefficient (Wildman–Crippen LogP) is 5.22. The first-order valence-corrected chi connectivity index (χ1v) is 7.44. The van der Waals surface area contributed by atoms with Crippen molar-refractivity contribution in [3.05, 3.63) is 51.9 Å². The minimum absolute atomic E-state index is 0.138. The molecule has 0 saturated carbocycles. The Kier molecular flexibility index (Phi) is 6.18. The number of rotatable bonds is 7. The molecule has 0 spiro atoms. The third-order valence-corrected chi connectivity index (χ3v) is 3.39. The molecule has 2 aromatic rings. The Morgan fingerprint density at radius 3 is 2.60 bits per heavy atom. The highest BCUT2D eigenvalue weighted by Gasteiger charge is 2.42. The van der Waals surface area contributed by atoms with E-state index in [0.29, 0.717) is 10.0 Å². The molecule has 0 N–H and O–H groups in total. The zero-order chi connectivity index (χ0) is 18.6. The number of carbonyl (C=O) groups is 1. The number of ether oxygens (including phenoxy) is 2. The van der Waals surface area contributed by atoms with Crippen LogP contribution in [0.3, 0.4) is 0 Å². The molecule has 0 radical (unpaired) electrons. The first kappa shape index (κ1) is 19.4. The molecular formula is C15H10Cl2F4O4. The fraction of sp³-hybridized carbons (Fsp3) is 0.267. The second-order valence-electron chi connectivity index (χ2n) is 4.77. The summed E-state index contributed by atoms with van der Waals surface area (Å²) in [6, 6.07) is 7.02. The number of hydrogen-bond acceptors (Lipinski definition) is 4. The molecule has 0 aliphatic rings. The molecule has 0 atom stereocenters. The van der Waals surface area contributed by atoms with E-state index in [2.05, 4.69) is 4.74 Å². The van der Waals surface area contributed by atoms with Gasteiger partial charge in [0.05, 0.1) is 5.02 Å². The summed E-state index contributed by atoms with van der Waals surface area (Å²) < 4.78 is 63.9. The van der Waals surface area contributed by atoms with Crippen LogP contribution >= 0.6 is 23.2 Å². The Morgan fingerprint density at radius 2 is 1.92 bits per heavy atom. The summed E-state index contributed by atoms with van der Waals surface area (Å²) in [6.07, 6.45) is -3.94. The second-order valence-corrected chi connectivity index (χ2v) is 5.61. The van der Waals surface area contributed by atoms with Crippen LogP contribution in [0.4, 0.5) is 17.6 Å². The summed E-state index contributed by atoms with van der Waals surface area (Å²) >= 11 is 11.7. The molecule has 0 aliphatic heterocycles. The average molecular weight is 401 g/mol. The Bertz CT molecular complexity index is 749. The van der Waals surface area contributed by atoms with E-state index in [-0.39, 0.29) is 18.1 Å². The van der Waals surface area contributed by atoms with Crippen LogP contribution in [-0.4, -0.2) is 24.9 Å². The molecule has 0 saturated heterocycles. The van der Waals surface area contributed by atoms with Crippen molar-refractivity contribution in [2.24, 2.45) is 0 Å². The number of benzene rings is 1. The van der Waals surface area contributed by atoms with Crippen LogP contribution in [0.25, 0.3) is 0 Å². The number of carbonyl (C=O) groups excluding carboxylic acids is 1. The SMILES string of the molecule is O=C(OCC(F)(F)C(F)F)c1ccc(COc2cc(Cl)ccc2Cl)o1. The van der Waals surface area contributed by atoms with Gasteiger partial charge in [-0.05, 0) is 24.3 Å². The van der Waals surface area contributed by atoms with E-state index in [9.17, 15) is 22.4 Å². The fourth-order valence-corrected chi connectivity index (χ4v) is 1.93. The molecule has 1 aromatic carbocycles. The Morgan fingerprint density at radius 1 is 1.20 bits per heavy atom. The second kappa shape index (κ2) is 7.97. The molecule has 25 heavy (non-hydrogen) atoms. The highest BCUT2D eigenvalue weighted by molar-refractivity contribution is 6.34. The van der Waals surface area contributed by atoms with E-state index in [1.54, 1.807) is 6.07 Å². The molecule has 10 heteroatoms. The summed E-state index contributed by atoms with van der Waals surface area (Å²) in [4.78, 5) is 11.5. The van der Waals surface area contributed by atoms with E-state index in [4.69, 9.17) is 32.4 Å². The van der Waals surface area contributed by atoms with Crippen LogP contribution < -0.4 is 4.74 Å². The average Bonchev–Trinajstić information content (AvgIpc) is 3.02. The van der Waals surface area contributed by atoms with Gasteiger partial charge in [-0.2, -0.15) is 8.78 Å². The zero-order valence-electron chi connectivity index (χ0n) is 12.3. The van der Waals surface area contributed by atoms with Crippen molar-refractivity contribution in [3.8, 4) is 5.75 Å². The number of alkyl halides is 4. The lowest BCUT2D eigenvalue weighted by molar-refractivity contribution is -0.155. The molecule has 0 aliphatic carbocycles. The van der Waals surface area contributed by atoms with Crippen LogP contribution in [-0.2, 0) is 11.3 Å². The monoisotopic (exact) mass is 400 g/mol. The van der Waals surface area contributed by atoms with Crippen molar-refractivity contribution in [2.75, 3.05) is 6.61 Å². The van der Waals surface area contributed by atoms with Crippen molar-refractivity contribution >= 4 is 29.2 Å². The lowest BCUT2D eigenvalue weighted by Gasteiger charge is -2.14. The number of halogens is 6. The van der Waals surface area contributed by atoms with Gasteiger partial charge in [0, 0.05) is 11.1 Å². The topological polar surface area (TPSA) is 48.7 Å². The van der Waals surface area contributed by atoms with Crippen LogP contribution in [0.1, 0.15) is 16.3 Å². The van der Waals surface area contributed by atoms with Crippen LogP contribution in [0, 0.1) is 0 Å². The van der Waals surface area contributed by atoms with Crippen molar-refractivity contribution in [1.29, 1.82) is 0 Å². The maximum Gasteiger partial charge on any atom is 0.374 e. The lowest BCUT2D eigenvalue weighted by Crippen LogP contribution is -2.33.